The first kappa shape index (κ1) is 6.05. The Bertz CT molecular complexity index is 59.5. The predicted octanol–water partition coefficient (Wildman–Crippen LogP) is 1.20. The van der Waals surface area contributed by atoms with Gasteiger partial charge in [-0.1, -0.05) is 6.42 Å². The topological polar surface area (TPSA) is 12.5 Å². The maximum atomic E-state index is 4.97. The Morgan fingerprint density at radius 1 is 1.50 bits per heavy atom. The lowest BCUT2D eigenvalue weighted by molar-refractivity contribution is -0.116. The van der Waals surface area contributed by atoms with Gasteiger partial charge in [0.1, 0.15) is 0 Å². The molecule has 0 bridgehead atoms. The molecule has 2 nitrogen and oxygen atoms in total. The molecule has 1 radical (unpaired) electrons. The highest BCUT2D eigenvalue weighted by Gasteiger charge is 2.07. The van der Waals surface area contributed by atoms with Crippen molar-refractivity contribution in [1.82, 2.24) is 5.06 Å². The van der Waals surface area contributed by atoms with Gasteiger partial charge in [-0.25, -0.2) is 0 Å². The van der Waals surface area contributed by atoms with Crippen molar-refractivity contribution in [2.75, 3.05) is 13.7 Å². The van der Waals surface area contributed by atoms with E-state index in [4.69, 9.17) is 4.84 Å². The summed E-state index contributed by atoms with van der Waals surface area (Å²) in [5, 5.41) is 1.89. The first-order valence-corrected chi connectivity index (χ1v) is 3.07. The van der Waals surface area contributed by atoms with Crippen LogP contribution < -0.4 is 0 Å². The molecule has 0 atom stereocenters. The third-order valence-corrected chi connectivity index (χ3v) is 1.40. The van der Waals surface area contributed by atoms with Crippen LogP contribution in [0.2, 0.25) is 0 Å². The van der Waals surface area contributed by atoms with Crippen molar-refractivity contribution in [2.24, 2.45) is 0 Å². The van der Waals surface area contributed by atoms with Crippen molar-refractivity contribution in [1.29, 1.82) is 0 Å². The Morgan fingerprint density at radius 2 is 2.38 bits per heavy atom. The zero-order chi connectivity index (χ0) is 5.82. The van der Waals surface area contributed by atoms with Crippen molar-refractivity contribution in [3.8, 4) is 0 Å². The summed E-state index contributed by atoms with van der Waals surface area (Å²) in [5.74, 6) is 0. The summed E-state index contributed by atoms with van der Waals surface area (Å²) in [4.78, 5) is 4.97. The van der Waals surface area contributed by atoms with E-state index in [1.165, 1.54) is 19.3 Å². The van der Waals surface area contributed by atoms with Crippen molar-refractivity contribution in [2.45, 2.75) is 19.3 Å². The van der Waals surface area contributed by atoms with Gasteiger partial charge in [-0.2, -0.15) is 5.06 Å². The molecule has 1 aliphatic heterocycles. The second kappa shape index (κ2) is 3.05. The number of rotatable bonds is 1. The van der Waals surface area contributed by atoms with Gasteiger partial charge in [0.2, 0.25) is 0 Å². The first-order chi connectivity index (χ1) is 3.93. The molecule has 1 fully saturated rings. The van der Waals surface area contributed by atoms with E-state index in [-0.39, 0.29) is 0 Å². The minimum absolute atomic E-state index is 1.07. The summed E-state index contributed by atoms with van der Waals surface area (Å²) < 4.78 is 0. The SMILES string of the molecule is CON1[CH]CCCC1. The van der Waals surface area contributed by atoms with Crippen LogP contribution in [0.25, 0.3) is 0 Å². The number of hydrogen-bond donors (Lipinski definition) is 0. The highest BCUT2D eigenvalue weighted by Crippen LogP contribution is 2.11. The van der Waals surface area contributed by atoms with Gasteiger partial charge >= 0.3 is 0 Å². The standard InChI is InChI=1S/C6H12NO/c1-8-7-5-3-2-4-6-7/h5H,2-4,6H2,1H3. The molecule has 0 saturated carbocycles. The van der Waals surface area contributed by atoms with E-state index in [0.29, 0.717) is 0 Å². The van der Waals surface area contributed by atoms with Crippen LogP contribution in [-0.4, -0.2) is 18.7 Å². The monoisotopic (exact) mass is 114 g/mol. The van der Waals surface area contributed by atoms with E-state index in [0.717, 1.165) is 6.54 Å². The van der Waals surface area contributed by atoms with Gasteiger partial charge in [-0.3, -0.25) is 0 Å². The van der Waals surface area contributed by atoms with Crippen molar-refractivity contribution in [3.05, 3.63) is 6.54 Å². The van der Waals surface area contributed by atoms with Gasteiger partial charge in [0, 0.05) is 6.54 Å². The first-order valence-electron chi connectivity index (χ1n) is 3.07. The quantitative estimate of drug-likeness (QED) is 0.507. The molecule has 0 unspecified atom stereocenters. The minimum Gasteiger partial charge on any atom is -0.302 e. The number of hydroxylamine groups is 2. The second-order valence-electron chi connectivity index (χ2n) is 2.00. The number of hydrogen-bond acceptors (Lipinski definition) is 2. The van der Waals surface area contributed by atoms with Crippen LogP contribution >= 0.6 is 0 Å². The summed E-state index contributed by atoms with van der Waals surface area (Å²) in [5.41, 5.74) is 0. The highest BCUT2D eigenvalue weighted by atomic mass is 16.7. The maximum absolute atomic E-state index is 4.97. The molecule has 47 valence electrons. The fraction of sp³-hybridized carbons (Fsp3) is 0.833. The van der Waals surface area contributed by atoms with Gasteiger partial charge in [-0.05, 0) is 12.8 Å². The fourth-order valence-electron chi connectivity index (χ4n) is 0.904. The van der Waals surface area contributed by atoms with Crippen LogP contribution in [0.1, 0.15) is 19.3 Å². The normalized spacial score (nSPS) is 23.6. The third kappa shape index (κ3) is 1.46. The van der Waals surface area contributed by atoms with Gasteiger partial charge in [-0.15, -0.1) is 0 Å². The second-order valence-corrected chi connectivity index (χ2v) is 2.00. The highest BCUT2D eigenvalue weighted by molar-refractivity contribution is 4.67. The van der Waals surface area contributed by atoms with Crippen molar-refractivity contribution >= 4 is 0 Å². The summed E-state index contributed by atoms with van der Waals surface area (Å²) in [6, 6.07) is 0. The molecule has 1 saturated heterocycles. The Kier molecular flexibility index (Phi) is 2.30. The molecular weight excluding hydrogens is 102 g/mol. The lowest BCUT2D eigenvalue weighted by Crippen LogP contribution is -2.24. The molecule has 0 N–H and O–H groups in total. The number of nitrogens with zero attached hydrogens (tertiary/aromatic N) is 1. The lowest BCUT2D eigenvalue weighted by Gasteiger charge is -2.22. The fourth-order valence-corrected chi connectivity index (χ4v) is 0.904. The van der Waals surface area contributed by atoms with Crippen LogP contribution in [0.3, 0.4) is 0 Å². The zero-order valence-corrected chi connectivity index (χ0v) is 5.26. The molecule has 0 aromatic carbocycles. The summed E-state index contributed by atoms with van der Waals surface area (Å²) in [6.07, 6.45) is 3.76. The van der Waals surface area contributed by atoms with E-state index in [1.807, 2.05) is 5.06 Å². The van der Waals surface area contributed by atoms with Crippen LogP contribution in [-0.2, 0) is 4.84 Å². The Morgan fingerprint density at radius 3 is 2.75 bits per heavy atom. The average Bonchev–Trinajstić information content (AvgIpc) is 1.90. The lowest BCUT2D eigenvalue weighted by atomic mass is 10.2. The van der Waals surface area contributed by atoms with Crippen LogP contribution in [0.5, 0.6) is 0 Å². The van der Waals surface area contributed by atoms with Gasteiger partial charge in [0.15, 0.2) is 0 Å². The molecule has 2 heteroatoms. The zero-order valence-electron chi connectivity index (χ0n) is 5.26. The van der Waals surface area contributed by atoms with Crippen LogP contribution in [0, 0.1) is 6.54 Å². The predicted molar refractivity (Wildman–Crippen MR) is 31.9 cm³/mol. The van der Waals surface area contributed by atoms with Crippen LogP contribution in [0.4, 0.5) is 0 Å². The summed E-state index contributed by atoms with van der Waals surface area (Å²) in [6.45, 7) is 3.17. The molecule has 0 amide bonds. The molecule has 1 aliphatic rings. The van der Waals surface area contributed by atoms with Gasteiger partial charge < -0.3 is 4.84 Å². The van der Waals surface area contributed by atoms with E-state index in [1.54, 1.807) is 7.11 Å². The van der Waals surface area contributed by atoms with Crippen molar-refractivity contribution < 1.29 is 4.84 Å². The van der Waals surface area contributed by atoms with E-state index in [9.17, 15) is 0 Å². The summed E-state index contributed by atoms with van der Waals surface area (Å²) in [7, 11) is 1.71. The Hall–Kier alpha value is -0.0800. The molecule has 0 aromatic heterocycles. The Balaban J connectivity index is 2.13. The molecule has 0 aliphatic carbocycles. The molecule has 0 spiro atoms. The molecule has 8 heavy (non-hydrogen) atoms. The molecular formula is C6H12NO. The smallest absolute Gasteiger partial charge is 0.0575 e. The molecule has 1 heterocycles. The van der Waals surface area contributed by atoms with Gasteiger partial charge in [0.25, 0.3) is 0 Å². The third-order valence-electron chi connectivity index (χ3n) is 1.40. The molecule has 1 rings (SSSR count). The van der Waals surface area contributed by atoms with Crippen LogP contribution in [0.15, 0.2) is 0 Å². The summed E-state index contributed by atoms with van der Waals surface area (Å²) >= 11 is 0. The largest absolute Gasteiger partial charge is 0.302 e. The van der Waals surface area contributed by atoms with E-state index < -0.39 is 0 Å². The van der Waals surface area contributed by atoms with E-state index in [2.05, 4.69) is 6.54 Å². The number of piperidine rings is 1. The minimum atomic E-state index is 1.07. The van der Waals surface area contributed by atoms with Crippen molar-refractivity contribution in [3.63, 3.8) is 0 Å². The maximum Gasteiger partial charge on any atom is 0.0575 e. The van der Waals surface area contributed by atoms with E-state index >= 15 is 0 Å². The molecule has 0 aromatic rings. The average molecular weight is 114 g/mol. The van der Waals surface area contributed by atoms with Gasteiger partial charge in [0.05, 0.1) is 13.7 Å². The Labute approximate surface area is 50.4 Å².